The summed E-state index contributed by atoms with van der Waals surface area (Å²) in [5.41, 5.74) is 0.950. The monoisotopic (exact) mass is 404 g/mol. The molecule has 0 spiro atoms. The van der Waals surface area contributed by atoms with Crippen LogP contribution in [0.2, 0.25) is 0 Å². The fourth-order valence-corrected chi connectivity index (χ4v) is 3.57. The van der Waals surface area contributed by atoms with Crippen LogP contribution < -0.4 is 15.0 Å². The number of carbonyl (C=O) groups excluding carboxylic acids is 1. The third-order valence-corrected chi connectivity index (χ3v) is 4.88. The quantitative estimate of drug-likeness (QED) is 0.675. The lowest BCUT2D eigenvalue weighted by Crippen LogP contribution is -2.25. The molecule has 1 atom stereocenters. The molecule has 8 nitrogen and oxygen atoms in total. The van der Waals surface area contributed by atoms with Gasteiger partial charge in [0.1, 0.15) is 6.10 Å². The van der Waals surface area contributed by atoms with Crippen LogP contribution in [0.4, 0.5) is 15.7 Å². The minimum absolute atomic E-state index is 0. The number of ether oxygens (including phenoxy) is 1. The molecule has 1 aromatic carbocycles. The number of amides is 1. The summed E-state index contributed by atoms with van der Waals surface area (Å²) >= 11 is 1.23. The molecule has 10 heteroatoms. The van der Waals surface area contributed by atoms with Crippen molar-refractivity contribution in [1.29, 1.82) is 0 Å². The van der Waals surface area contributed by atoms with E-state index in [-0.39, 0.29) is 18.1 Å². The second-order valence-electron chi connectivity index (χ2n) is 6.14. The van der Waals surface area contributed by atoms with Gasteiger partial charge >= 0.3 is 0 Å². The maximum atomic E-state index is 12.1. The van der Waals surface area contributed by atoms with Gasteiger partial charge in [0.2, 0.25) is 11.0 Å². The van der Waals surface area contributed by atoms with Gasteiger partial charge in [0.05, 0.1) is 13.0 Å². The van der Waals surface area contributed by atoms with E-state index >= 15 is 0 Å². The predicted molar refractivity (Wildman–Crippen MR) is 107 cm³/mol. The molecule has 0 unspecified atom stereocenters. The first-order chi connectivity index (χ1) is 13.3. The van der Waals surface area contributed by atoms with Crippen LogP contribution in [0.15, 0.2) is 48.7 Å². The Morgan fingerprint density at radius 3 is 2.86 bits per heavy atom. The highest BCUT2D eigenvalue weighted by atomic mass is 32.1. The lowest BCUT2D eigenvalue weighted by Gasteiger charge is -2.16. The van der Waals surface area contributed by atoms with Gasteiger partial charge in [-0.1, -0.05) is 35.4 Å². The molecule has 0 bridgehead atoms. The first-order valence-corrected chi connectivity index (χ1v) is 9.44. The minimum Gasteiger partial charge on any atom is -0.464 e. The molecule has 0 aliphatic carbocycles. The van der Waals surface area contributed by atoms with Gasteiger partial charge in [-0.05, 0) is 29.0 Å². The fraction of sp³-hybridized carbons (Fsp3) is 0.278. The van der Waals surface area contributed by atoms with Gasteiger partial charge < -0.3 is 15.0 Å². The van der Waals surface area contributed by atoms with Crippen molar-refractivity contribution in [2.45, 2.75) is 18.9 Å². The highest BCUT2D eigenvalue weighted by Gasteiger charge is 2.26. The Bertz CT molecular complexity index is 902. The molecule has 0 saturated carbocycles. The molecule has 1 aliphatic rings. The lowest BCUT2D eigenvalue weighted by atomic mass is 10.1. The van der Waals surface area contributed by atoms with Gasteiger partial charge in [-0.3, -0.25) is 9.50 Å². The smallest absolute Gasteiger partial charge is 0.296 e. The molecule has 3 heterocycles. The number of nitrogens with zero attached hydrogens (tertiary/aromatic N) is 5. The number of aromatic nitrogens is 4. The summed E-state index contributed by atoms with van der Waals surface area (Å²) in [4.78, 5) is 14.2. The normalized spacial score (nSPS) is 15.7. The zero-order chi connectivity index (χ0) is 18.5. The van der Waals surface area contributed by atoms with Crippen molar-refractivity contribution < 1.29 is 15.7 Å². The molecular formula is C18H21FN6O2S. The van der Waals surface area contributed by atoms with Gasteiger partial charge in [-0.2, -0.15) is 5.10 Å². The van der Waals surface area contributed by atoms with Crippen LogP contribution in [0, 0.1) is 0 Å². The highest BCUT2D eigenvalue weighted by molar-refractivity contribution is 7.17. The van der Waals surface area contributed by atoms with E-state index in [4.69, 9.17) is 4.74 Å². The van der Waals surface area contributed by atoms with Crippen LogP contribution in [0.5, 0.6) is 5.19 Å². The van der Waals surface area contributed by atoms with Crippen molar-refractivity contribution in [2.75, 3.05) is 23.3 Å². The Labute approximate surface area is 166 Å². The molecular weight excluding hydrogens is 383 g/mol. The van der Waals surface area contributed by atoms with Crippen molar-refractivity contribution in [3.05, 3.63) is 54.2 Å². The summed E-state index contributed by atoms with van der Waals surface area (Å²) in [6.07, 6.45) is 2.83. The number of halogens is 1. The fourth-order valence-electron chi connectivity index (χ4n) is 2.89. The van der Waals surface area contributed by atoms with Gasteiger partial charge in [-0.15, -0.1) is 10.2 Å². The molecule has 0 radical (unpaired) electrons. The number of benzene rings is 1. The van der Waals surface area contributed by atoms with Crippen LogP contribution >= 0.6 is 11.3 Å². The molecule has 1 amide bonds. The van der Waals surface area contributed by atoms with Gasteiger partial charge in [0.25, 0.3) is 5.19 Å². The number of carbonyl (C=O) groups is 1. The van der Waals surface area contributed by atoms with E-state index in [1.54, 1.807) is 6.20 Å². The third kappa shape index (κ3) is 4.97. The molecule has 148 valence electrons. The molecule has 1 aliphatic heterocycles. The second-order valence-corrected chi connectivity index (χ2v) is 7.08. The first-order valence-electron chi connectivity index (χ1n) is 8.63. The Morgan fingerprint density at radius 1 is 1.21 bits per heavy atom. The Hall–Kier alpha value is -3.14. The molecule has 1 saturated heterocycles. The van der Waals surface area contributed by atoms with Crippen LogP contribution in [-0.2, 0) is 11.2 Å². The maximum absolute atomic E-state index is 12.1. The maximum Gasteiger partial charge on any atom is 0.296 e. The lowest BCUT2D eigenvalue weighted by molar-refractivity contribution is -0.115. The van der Waals surface area contributed by atoms with Gasteiger partial charge in [-0.25, -0.2) is 0 Å². The van der Waals surface area contributed by atoms with Crippen LogP contribution in [0.1, 0.15) is 13.4 Å². The van der Waals surface area contributed by atoms with Crippen molar-refractivity contribution in [2.24, 2.45) is 0 Å². The topological polar surface area (TPSA) is 93.1 Å². The van der Waals surface area contributed by atoms with Crippen LogP contribution in [0.3, 0.4) is 0 Å². The number of nitrogens with one attached hydrogen (secondary N) is 1. The molecule has 28 heavy (non-hydrogen) atoms. The largest absolute Gasteiger partial charge is 0.464 e. The summed E-state index contributed by atoms with van der Waals surface area (Å²) in [5.74, 6) is 0.716. The average Bonchev–Trinajstić information content (AvgIpc) is 3.33. The van der Waals surface area contributed by atoms with E-state index < -0.39 is 0 Å². The van der Waals surface area contributed by atoms with E-state index in [1.165, 1.54) is 11.3 Å². The van der Waals surface area contributed by atoms with Crippen LogP contribution in [0.25, 0.3) is 0 Å². The van der Waals surface area contributed by atoms with E-state index in [2.05, 4.69) is 30.6 Å². The minimum atomic E-state index is -0.126. The van der Waals surface area contributed by atoms with Crippen molar-refractivity contribution in [1.82, 2.24) is 20.4 Å². The van der Waals surface area contributed by atoms with E-state index in [0.717, 1.165) is 24.3 Å². The number of anilines is 2. The third-order valence-electron chi connectivity index (χ3n) is 4.16. The first kappa shape index (κ1) is 19.6. The van der Waals surface area contributed by atoms with E-state index in [1.807, 2.05) is 42.5 Å². The number of hydrogen-bond acceptors (Lipinski definition) is 8. The summed E-state index contributed by atoms with van der Waals surface area (Å²) in [7, 11) is 0. The van der Waals surface area contributed by atoms with Crippen LogP contribution in [-0.4, -0.2) is 45.5 Å². The zero-order valence-corrected chi connectivity index (χ0v) is 15.7. The van der Waals surface area contributed by atoms with Crippen molar-refractivity contribution in [3.8, 4) is 5.19 Å². The molecule has 1 N–H and O–H groups in total. The SMILES string of the molecule is F.O=C(Cc1ccccc1)Nc1nnc(O[C@@H]2CCN(c3cccnn3)C2)s1.[HH]. The zero-order valence-electron chi connectivity index (χ0n) is 14.9. The standard InChI is InChI=1S/C18H18N6O2S.FH.H2/c25-16(11-13-5-2-1-3-6-13)20-17-22-23-18(27-17)26-14-8-10-24(12-14)15-7-4-9-19-21-15;;/h1-7,9,14H,8,10-12H2,(H,20,22,25);2*1H/t14-;;/m1../s1. The van der Waals surface area contributed by atoms with Crippen molar-refractivity contribution in [3.63, 3.8) is 0 Å². The molecule has 1 fully saturated rings. The summed E-state index contributed by atoms with van der Waals surface area (Å²) in [6, 6.07) is 13.4. The highest BCUT2D eigenvalue weighted by Crippen LogP contribution is 2.26. The Morgan fingerprint density at radius 2 is 2.07 bits per heavy atom. The Balaban J connectivity index is 0.00000150. The van der Waals surface area contributed by atoms with Gasteiger partial charge in [0.15, 0.2) is 5.82 Å². The second kappa shape index (κ2) is 9.18. The predicted octanol–water partition coefficient (Wildman–Crippen LogP) is 2.57. The molecule has 2 aromatic heterocycles. The number of hydrogen-bond donors (Lipinski definition) is 1. The number of rotatable bonds is 6. The molecule has 4 rings (SSSR count). The summed E-state index contributed by atoms with van der Waals surface area (Å²) < 4.78 is 5.91. The van der Waals surface area contributed by atoms with E-state index in [0.29, 0.717) is 23.3 Å². The molecule has 3 aromatic rings. The summed E-state index contributed by atoms with van der Waals surface area (Å²) in [6.45, 7) is 1.57. The van der Waals surface area contributed by atoms with Gasteiger partial charge in [0, 0.05) is 20.6 Å². The van der Waals surface area contributed by atoms with E-state index in [9.17, 15) is 4.79 Å². The average molecular weight is 404 g/mol. The van der Waals surface area contributed by atoms with Crippen molar-refractivity contribution >= 4 is 28.2 Å². The Kier molecular flexibility index (Phi) is 6.43. The summed E-state index contributed by atoms with van der Waals surface area (Å²) in [5, 5.41) is 19.7.